The van der Waals surface area contributed by atoms with Crippen LogP contribution in [0.5, 0.6) is 0 Å². The average molecular weight is 453 g/mol. The van der Waals surface area contributed by atoms with Crippen LogP contribution in [0, 0.1) is 5.92 Å². The van der Waals surface area contributed by atoms with Gasteiger partial charge in [-0.15, -0.1) is 0 Å². The Balaban J connectivity index is 1.35. The number of carboxylic acid groups (broad SMARTS) is 1. The molecule has 4 rings (SSSR count). The van der Waals surface area contributed by atoms with Gasteiger partial charge in [-0.25, -0.2) is 4.79 Å². The summed E-state index contributed by atoms with van der Waals surface area (Å²) in [4.78, 5) is 36.3. The molecule has 0 bridgehead atoms. The Morgan fingerprint density at radius 1 is 1.06 bits per heavy atom. The van der Waals surface area contributed by atoms with E-state index in [4.69, 9.17) is 14.6 Å². The van der Waals surface area contributed by atoms with Crippen LogP contribution >= 0.6 is 0 Å². The van der Waals surface area contributed by atoms with Gasteiger partial charge in [-0.05, 0) is 42.5 Å². The summed E-state index contributed by atoms with van der Waals surface area (Å²) >= 11 is 0. The quantitative estimate of drug-likeness (QED) is 0.595. The largest absolute Gasteiger partial charge is 0.481 e. The smallest absolute Gasteiger partial charge is 0.407 e. The molecule has 2 aromatic carbocycles. The molecular formula is C25H28N2O6. The molecule has 0 aromatic heterocycles. The number of aliphatic carboxylic acids is 1. The maximum absolute atomic E-state index is 12.6. The first-order valence-corrected chi connectivity index (χ1v) is 11.1. The van der Waals surface area contributed by atoms with Crippen LogP contribution in [0.1, 0.15) is 37.3 Å². The number of benzene rings is 2. The van der Waals surface area contributed by atoms with Crippen LogP contribution in [0.3, 0.4) is 0 Å². The number of carboxylic acids is 1. The predicted molar refractivity (Wildman–Crippen MR) is 121 cm³/mol. The lowest BCUT2D eigenvalue weighted by molar-refractivity contribution is -0.142. The van der Waals surface area contributed by atoms with Gasteiger partial charge in [-0.2, -0.15) is 0 Å². The van der Waals surface area contributed by atoms with Crippen LogP contribution in [0.4, 0.5) is 4.79 Å². The third-order valence-corrected chi connectivity index (χ3v) is 6.51. The molecule has 8 heteroatoms. The number of rotatable bonds is 7. The second-order valence-corrected chi connectivity index (χ2v) is 8.58. The molecule has 1 aliphatic heterocycles. The second kappa shape index (κ2) is 9.62. The van der Waals surface area contributed by atoms with E-state index < -0.39 is 42.1 Å². The van der Waals surface area contributed by atoms with E-state index in [1.807, 2.05) is 36.4 Å². The second-order valence-electron chi connectivity index (χ2n) is 8.58. The van der Waals surface area contributed by atoms with Gasteiger partial charge < -0.3 is 25.2 Å². The summed E-state index contributed by atoms with van der Waals surface area (Å²) in [7, 11) is 0. The Morgan fingerprint density at radius 2 is 1.67 bits per heavy atom. The number of nitrogens with one attached hydrogen (secondary N) is 2. The van der Waals surface area contributed by atoms with E-state index in [1.54, 1.807) is 6.92 Å². The van der Waals surface area contributed by atoms with Gasteiger partial charge in [-0.1, -0.05) is 48.5 Å². The molecule has 3 N–H and O–H groups in total. The molecule has 1 saturated heterocycles. The monoisotopic (exact) mass is 452 g/mol. The Morgan fingerprint density at radius 3 is 2.27 bits per heavy atom. The van der Waals surface area contributed by atoms with Crippen molar-refractivity contribution in [2.75, 3.05) is 13.2 Å². The molecule has 0 saturated carbocycles. The fourth-order valence-corrected chi connectivity index (χ4v) is 4.43. The molecule has 2 aliphatic rings. The average Bonchev–Trinajstić information content (AvgIpc) is 3.39. The van der Waals surface area contributed by atoms with E-state index in [9.17, 15) is 14.4 Å². The normalized spacial score (nSPS) is 20.9. The molecule has 1 heterocycles. The van der Waals surface area contributed by atoms with E-state index in [0.29, 0.717) is 13.0 Å². The number of alkyl carbamates (subject to hydrolysis) is 1. The van der Waals surface area contributed by atoms with Crippen molar-refractivity contribution in [2.45, 2.75) is 44.4 Å². The summed E-state index contributed by atoms with van der Waals surface area (Å²) in [6.45, 7) is 3.64. The van der Waals surface area contributed by atoms with Gasteiger partial charge in [0.05, 0.1) is 12.0 Å². The van der Waals surface area contributed by atoms with Crippen molar-refractivity contribution in [3.63, 3.8) is 0 Å². The lowest BCUT2D eigenvalue weighted by Crippen LogP contribution is -2.51. The fraction of sp³-hybridized carbons (Fsp3) is 0.400. The van der Waals surface area contributed by atoms with Crippen LogP contribution in [0.25, 0.3) is 11.1 Å². The van der Waals surface area contributed by atoms with Gasteiger partial charge in [0.15, 0.2) is 6.10 Å². The van der Waals surface area contributed by atoms with E-state index >= 15 is 0 Å². The first kappa shape index (κ1) is 22.8. The molecule has 1 fully saturated rings. The lowest BCUT2D eigenvalue weighted by atomic mass is 9.98. The van der Waals surface area contributed by atoms with Crippen molar-refractivity contribution in [1.29, 1.82) is 0 Å². The number of carbonyl (C=O) groups excluding carboxylic acids is 2. The standard InChI is InChI=1S/C25H28N2O6/c1-14(24(29)30)15(2)26-23(28)22-21(11-12-32-22)27-25(31)33-13-20-18-9-5-3-7-16(18)17-8-4-6-10-19(17)20/h3-10,14-15,20-22H,11-13H2,1-2H3,(H,26,28)(H,27,31)(H,29,30)/t14?,15?,21-,22+/m0/s1. The summed E-state index contributed by atoms with van der Waals surface area (Å²) in [5, 5.41) is 14.5. The van der Waals surface area contributed by atoms with Gasteiger partial charge in [-0.3, -0.25) is 9.59 Å². The predicted octanol–water partition coefficient (Wildman–Crippen LogP) is 2.91. The first-order valence-electron chi connectivity index (χ1n) is 11.1. The van der Waals surface area contributed by atoms with Crippen LogP contribution in [-0.4, -0.2) is 54.5 Å². The highest BCUT2D eigenvalue weighted by atomic mass is 16.6. The Labute approximate surface area is 192 Å². The highest BCUT2D eigenvalue weighted by Crippen LogP contribution is 2.44. The minimum atomic E-state index is -0.997. The minimum Gasteiger partial charge on any atom is -0.481 e. The molecule has 2 unspecified atom stereocenters. The zero-order valence-corrected chi connectivity index (χ0v) is 18.6. The molecule has 0 spiro atoms. The van der Waals surface area contributed by atoms with E-state index in [2.05, 4.69) is 22.8 Å². The number of ether oxygens (including phenoxy) is 2. The molecule has 0 radical (unpaired) electrons. The SMILES string of the molecule is CC(NC(=O)[C@@H]1OCC[C@@H]1NC(=O)OCC1c2ccccc2-c2ccccc21)C(C)C(=O)O. The van der Waals surface area contributed by atoms with Crippen LogP contribution in [0.2, 0.25) is 0 Å². The molecule has 174 valence electrons. The van der Waals surface area contributed by atoms with Crippen molar-refractivity contribution >= 4 is 18.0 Å². The van der Waals surface area contributed by atoms with Crippen molar-refractivity contribution in [3.05, 3.63) is 59.7 Å². The van der Waals surface area contributed by atoms with Gasteiger partial charge in [0.2, 0.25) is 0 Å². The highest BCUT2D eigenvalue weighted by molar-refractivity contribution is 5.84. The maximum atomic E-state index is 12.6. The van der Waals surface area contributed by atoms with E-state index in [-0.39, 0.29) is 12.5 Å². The molecule has 8 nitrogen and oxygen atoms in total. The summed E-state index contributed by atoms with van der Waals surface area (Å²) in [6, 6.07) is 15.1. The zero-order chi connectivity index (χ0) is 23.5. The van der Waals surface area contributed by atoms with Crippen molar-refractivity contribution < 1.29 is 29.0 Å². The lowest BCUT2D eigenvalue weighted by Gasteiger charge is -2.23. The van der Waals surface area contributed by atoms with Gasteiger partial charge >= 0.3 is 12.1 Å². The fourth-order valence-electron chi connectivity index (χ4n) is 4.43. The van der Waals surface area contributed by atoms with Crippen molar-refractivity contribution in [2.24, 2.45) is 5.92 Å². The molecule has 2 amide bonds. The molecule has 4 atom stereocenters. The van der Waals surface area contributed by atoms with Crippen molar-refractivity contribution in [3.8, 4) is 11.1 Å². The first-order chi connectivity index (χ1) is 15.9. The number of hydrogen-bond donors (Lipinski definition) is 3. The summed E-state index contributed by atoms with van der Waals surface area (Å²) in [6.07, 6.45) is -1.04. The van der Waals surface area contributed by atoms with Gasteiger partial charge in [0, 0.05) is 18.6 Å². The van der Waals surface area contributed by atoms with Crippen LogP contribution in [-0.2, 0) is 19.1 Å². The van der Waals surface area contributed by atoms with Crippen LogP contribution < -0.4 is 10.6 Å². The van der Waals surface area contributed by atoms with Crippen molar-refractivity contribution in [1.82, 2.24) is 10.6 Å². The zero-order valence-electron chi connectivity index (χ0n) is 18.6. The Hall–Kier alpha value is -3.39. The number of carbonyl (C=O) groups is 3. The van der Waals surface area contributed by atoms with E-state index in [0.717, 1.165) is 22.3 Å². The minimum absolute atomic E-state index is 0.0552. The molecule has 33 heavy (non-hydrogen) atoms. The third kappa shape index (κ3) is 4.71. The summed E-state index contributed by atoms with van der Waals surface area (Å²) < 4.78 is 11.1. The number of hydrogen-bond acceptors (Lipinski definition) is 5. The molecule has 1 aliphatic carbocycles. The molecular weight excluding hydrogens is 424 g/mol. The summed E-state index contributed by atoms with van der Waals surface area (Å²) in [5.41, 5.74) is 4.53. The van der Waals surface area contributed by atoms with Gasteiger partial charge in [0.25, 0.3) is 5.91 Å². The highest BCUT2D eigenvalue weighted by Gasteiger charge is 2.37. The number of fused-ring (bicyclic) bond motifs is 3. The van der Waals surface area contributed by atoms with E-state index in [1.165, 1.54) is 6.92 Å². The Bertz CT molecular complexity index is 1010. The van der Waals surface area contributed by atoms with Crippen LogP contribution in [0.15, 0.2) is 48.5 Å². The topological polar surface area (TPSA) is 114 Å². The third-order valence-electron chi connectivity index (χ3n) is 6.51. The summed E-state index contributed by atoms with van der Waals surface area (Å²) in [5.74, 6) is -2.25. The maximum Gasteiger partial charge on any atom is 0.407 e. The molecule has 2 aromatic rings. The van der Waals surface area contributed by atoms with Gasteiger partial charge in [0.1, 0.15) is 6.61 Å². The Kier molecular flexibility index (Phi) is 6.65. The number of amides is 2.